The second-order valence-corrected chi connectivity index (χ2v) is 15.4. The first-order valence-corrected chi connectivity index (χ1v) is 15.6. The second-order valence-electron chi connectivity index (χ2n) is 10.4. The van der Waals surface area contributed by atoms with Gasteiger partial charge in [-0.3, -0.25) is 4.79 Å². The maximum atomic E-state index is 13.6. The highest BCUT2D eigenvalue weighted by Crippen LogP contribution is 2.21. The number of pyridine rings is 1. The summed E-state index contributed by atoms with van der Waals surface area (Å²) in [4.78, 5) is 17.9. The van der Waals surface area contributed by atoms with E-state index >= 15 is 0 Å². The number of aromatic nitrogens is 3. The van der Waals surface area contributed by atoms with Gasteiger partial charge in [-0.2, -0.15) is 5.26 Å². The summed E-state index contributed by atoms with van der Waals surface area (Å²) in [6.07, 6.45) is 5.71. The lowest BCUT2D eigenvalue weighted by molar-refractivity contribution is 0.246. The van der Waals surface area contributed by atoms with E-state index in [-0.39, 0.29) is 12.2 Å². The molecule has 0 fully saturated rings. The number of benzene rings is 2. The first-order chi connectivity index (χ1) is 17.1. The third kappa shape index (κ3) is 5.25. The number of imidazole rings is 1. The molecule has 2 aromatic carbocycles. The van der Waals surface area contributed by atoms with Crippen LogP contribution in [0.25, 0.3) is 5.69 Å². The summed E-state index contributed by atoms with van der Waals surface area (Å²) in [7, 11) is -1.47. The maximum Gasteiger partial charge on any atom is 0.254 e. The Hall–Kier alpha value is -3.73. The van der Waals surface area contributed by atoms with Gasteiger partial charge < -0.3 is 14.2 Å². The molecule has 36 heavy (non-hydrogen) atoms. The molecule has 0 saturated heterocycles. The van der Waals surface area contributed by atoms with Gasteiger partial charge in [-0.25, -0.2) is 4.98 Å². The van der Waals surface area contributed by atoms with Crippen molar-refractivity contribution in [3.63, 3.8) is 0 Å². The van der Waals surface area contributed by atoms with Crippen LogP contribution >= 0.6 is 0 Å². The molecular formula is C29H32N4O2Si. The monoisotopic (exact) mass is 496 g/mol. The van der Waals surface area contributed by atoms with Crippen molar-refractivity contribution in [2.45, 2.75) is 46.0 Å². The van der Waals surface area contributed by atoms with Crippen LogP contribution in [-0.4, -0.2) is 33.9 Å². The Morgan fingerprint density at radius 1 is 1.06 bits per heavy atom. The van der Waals surface area contributed by atoms with E-state index in [2.05, 4.69) is 48.9 Å². The van der Waals surface area contributed by atoms with Gasteiger partial charge in [0.25, 0.3) is 5.56 Å². The SMILES string of the molecule is Cc1cn(-c2ccc(Cc3cc(C#N)cn([C@@H](CO)c4ccc([Si](C)(C)C)cc4)c3=O)cc2C)cn1. The van der Waals surface area contributed by atoms with Gasteiger partial charge in [0.05, 0.1) is 38.3 Å². The Kier molecular flexibility index (Phi) is 7.11. The predicted molar refractivity (Wildman–Crippen MR) is 146 cm³/mol. The molecule has 0 radical (unpaired) electrons. The summed E-state index contributed by atoms with van der Waals surface area (Å²) in [5.74, 6) is 0. The van der Waals surface area contributed by atoms with Crippen molar-refractivity contribution in [1.29, 1.82) is 5.26 Å². The smallest absolute Gasteiger partial charge is 0.254 e. The molecule has 7 heteroatoms. The number of nitrogens with zero attached hydrogens (tertiary/aromatic N) is 4. The number of hydrogen-bond acceptors (Lipinski definition) is 4. The molecule has 0 unspecified atom stereocenters. The molecule has 0 aliphatic heterocycles. The molecule has 2 heterocycles. The minimum atomic E-state index is -1.47. The maximum absolute atomic E-state index is 13.6. The summed E-state index contributed by atoms with van der Waals surface area (Å²) in [6.45, 7) is 10.6. The topological polar surface area (TPSA) is 83.8 Å². The molecule has 0 aliphatic carbocycles. The number of hydrogen-bond donors (Lipinski definition) is 1. The molecule has 2 aromatic heterocycles. The number of aryl methyl sites for hydroxylation is 2. The summed E-state index contributed by atoms with van der Waals surface area (Å²) in [6, 6.07) is 17.5. The van der Waals surface area contributed by atoms with Crippen molar-refractivity contribution in [3.8, 4) is 11.8 Å². The van der Waals surface area contributed by atoms with E-state index in [1.807, 2.05) is 48.9 Å². The second kappa shape index (κ2) is 10.1. The molecule has 4 aromatic rings. The fourth-order valence-electron chi connectivity index (χ4n) is 4.53. The molecule has 0 saturated carbocycles. The van der Waals surface area contributed by atoms with Crippen LogP contribution in [0.3, 0.4) is 0 Å². The van der Waals surface area contributed by atoms with Crippen LogP contribution in [0.2, 0.25) is 19.6 Å². The third-order valence-electron chi connectivity index (χ3n) is 6.56. The largest absolute Gasteiger partial charge is 0.394 e. The van der Waals surface area contributed by atoms with Crippen molar-refractivity contribution < 1.29 is 5.11 Å². The Bertz CT molecular complexity index is 1490. The van der Waals surface area contributed by atoms with Gasteiger partial charge in [0.2, 0.25) is 0 Å². The molecule has 0 amide bonds. The highest BCUT2D eigenvalue weighted by atomic mass is 28.3. The fourth-order valence-corrected chi connectivity index (χ4v) is 5.70. The first-order valence-electron chi connectivity index (χ1n) is 12.1. The summed E-state index contributed by atoms with van der Waals surface area (Å²) in [5, 5.41) is 21.2. The van der Waals surface area contributed by atoms with Crippen molar-refractivity contribution in [2.24, 2.45) is 0 Å². The van der Waals surface area contributed by atoms with Crippen LogP contribution in [0.5, 0.6) is 0 Å². The number of aliphatic hydroxyl groups is 1. The zero-order valence-electron chi connectivity index (χ0n) is 21.5. The highest BCUT2D eigenvalue weighted by molar-refractivity contribution is 6.88. The van der Waals surface area contributed by atoms with Crippen molar-refractivity contribution >= 4 is 13.3 Å². The lowest BCUT2D eigenvalue weighted by Crippen LogP contribution is -2.37. The molecule has 0 spiro atoms. The molecule has 184 valence electrons. The number of rotatable bonds is 7. The average molecular weight is 497 g/mol. The first kappa shape index (κ1) is 25.4. The van der Waals surface area contributed by atoms with Crippen LogP contribution in [0.15, 0.2) is 72.0 Å². The summed E-state index contributed by atoms with van der Waals surface area (Å²) >= 11 is 0. The van der Waals surface area contributed by atoms with Gasteiger partial charge in [0.15, 0.2) is 0 Å². The van der Waals surface area contributed by atoms with Gasteiger partial charge in [-0.05, 0) is 42.7 Å². The highest BCUT2D eigenvalue weighted by Gasteiger charge is 2.20. The van der Waals surface area contributed by atoms with Crippen LogP contribution in [0, 0.1) is 25.2 Å². The van der Waals surface area contributed by atoms with E-state index in [1.54, 1.807) is 18.6 Å². The number of aliphatic hydroxyl groups excluding tert-OH is 1. The Morgan fingerprint density at radius 3 is 2.33 bits per heavy atom. The average Bonchev–Trinajstić information content (AvgIpc) is 3.27. The predicted octanol–water partition coefficient (Wildman–Crippen LogP) is 4.24. The summed E-state index contributed by atoms with van der Waals surface area (Å²) < 4.78 is 3.49. The van der Waals surface area contributed by atoms with E-state index in [0.717, 1.165) is 28.1 Å². The van der Waals surface area contributed by atoms with E-state index in [1.165, 1.54) is 9.75 Å². The van der Waals surface area contributed by atoms with Gasteiger partial charge in [0.1, 0.15) is 6.07 Å². The Balaban J connectivity index is 1.70. The lowest BCUT2D eigenvalue weighted by atomic mass is 10.0. The van der Waals surface area contributed by atoms with Gasteiger partial charge in [-0.15, -0.1) is 0 Å². The zero-order valence-corrected chi connectivity index (χ0v) is 22.5. The van der Waals surface area contributed by atoms with Crippen LogP contribution in [-0.2, 0) is 6.42 Å². The standard InChI is InChI=1S/C29H32N4O2Si/c1-20-12-22(6-11-27(20)32-16-21(2)31-19-32)13-25-14-23(15-30)17-33(29(25)35)28(18-34)24-7-9-26(10-8-24)36(3,4)5/h6-12,14,16-17,19,28,34H,13,18H2,1-5H3/t28-/m0/s1. The van der Waals surface area contributed by atoms with E-state index in [0.29, 0.717) is 17.5 Å². The van der Waals surface area contributed by atoms with Gasteiger partial charge in [0, 0.05) is 30.1 Å². The normalized spacial score (nSPS) is 12.4. The van der Waals surface area contributed by atoms with E-state index in [9.17, 15) is 15.2 Å². The fraction of sp³-hybridized carbons (Fsp3) is 0.276. The number of nitriles is 1. The molecule has 0 aliphatic rings. The van der Waals surface area contributed by atoms with Crippen molar-refractivity contribution in [1.82, 2.24) is 14.1 Å². The van der Waals surface area contributed by atoms with Crippen molar-refractivity contribution in [3.05, 3.63) is 111 Å². The minimum Gasteiger partial charge on any atom is -0.394 e. The van der Waals surface area contributed by atoms with E-state index in [4.69, 9.17) is 0 Å². The van der Waals surface area contributed by atoms with Crippen LogP contribution in [0.1, 0.15) is 39.6 Å². The molecular weight excluding hydrogens is 464 g/mol. The minimum absolute atomic E-state index is 0.200. The van der Waals surface area contributed by atoms with Gasteiger partial charge >= 0.3 is 0 Å². The van der Waals surface area contributed by atoms with Gasteiger partial charge in [-0.1, -0.05) is 61.2 Å². The molecule has 4 rings (SSSR count). The van der Waals surface area contributed by atoms with Crippen molar-refractivity contribution in [2.75, 3.05) is 6.61 Å². The molecule has 0 bridgehead atoms. The quantitative estimate of drug-likeness (QED) is 0.388. The lowest BCUT2D eigenvalue weighted by Gasteiger charge is -2.22. The van der Waals surface area contributed by atoms with Crippen LogP contribution in [0.4, 0.5) is 0 Å². The Morgan fingerprint density at radius 2 is 1.78 bits per heavy atom. The third-order valence-corrected chi connectivity index (χ3v) is 8.63. The molecule has 6 nitrogen and oxygen atoms in total. The molecule has 1 N–H and O–H groups in total. The van der Waals surface area contributed by atoms with Crippen LogP contribution < -0.4 is 10.7 Å². The summed E-state index contributed by atoms with van der Waals surface area (Å²) in [5.41, 5.74) is 5.59. The zero-order chi connectivity index (χ0) is 26.0. The van der Waals surface area contributed by atoms with E-state index < -0.39 is 14.1 Å². The molecule has 1 atom stereocenters. The Labute approximate surface area is 213 Å².